The lowest BCUT2D eigenvalue weighted by molar-refractivity contribution is 0.628. The largest absolute Gasteiger partial charge is 0.300 e. The van der Waals surface area contributed by atoms with Crippen molar-refractivity contribution < 1.29 is 4.39 Å². The number of anilines is 2. The smallest absolute Gasteiger partial charge is 0.229 e. The fourth-order valence-corrected chi connectivity index (χ4v) is 3.08. The van der Waals surface area contributed by atoms with Crippen molar-refractivity contribution in [1.82, 2.24) is 25.1 Å². The van der Waals surface area contributed by atoms with Gasteiger partial charge < -0.3 is 5.32 Å². The van der Waals surface area contributed by atoms with Gasteiger partial charge in [-0.15, -0.1) is 11.3 Å². The Morgan fingerprint density at radius 1 is 1.12 bits per heavy atom. The Balaban J connectivity index is 1.63. The second-order valence-electron chi connectivity index (χ2n) is 5.35. The van der Waals surface area contributed by atoms with E-state index in [2.05, 4.69) is 30.5 Å². The van der Waals surface area contributed by atoms with Gasteiger partial charge in [-0.05, 0) is 37.3 Å². The molecule has 0 atom stereocenters. The molecular formula is C17H13FN6S. The summed E-state index contributed by atoms with van der Waals surface area (Å²) < 4.78 is 13.1. The number of aromatic amines is 1. The number of nitrogens with one attached hydrogen (secondary N) is 2. The van der Waals surface area contributed by atoms with Gasteiger partial charge in [0.05, 0.1) is 17.6 Å². The lowest BCUT2D eigenvalue weighted by Crippen LogP contribution is -1.97. The minimum absolute atomic E-state index is 0.275. The molecule has 0 saturated carbocycles. The minimum atomic E-state index is -0.275. The zero-order valence-electron chi connectivity index (χ0n) is 13.2. The number of rotatable bonds is 4. The van der Waals surface area contributed by atoms with Gasteiger partial charge in [0.15, 0.2) is 5.13 Å². The highest BCUT2D eigenvalue weighted by atomic mass is 32.1. The molecule has 0 fully saturated rings. The van der Waals surface area contributed by atoms with Crippen LogP contribution in [-0.2, 0) is 0 Å². The number of aryl methyl sites for hydroxylation is 1. The summed E-state index contributed by atoms with van der Waals surface area (Å²) >= 11 is 1.45. The normalized spacial score (nSPS) is 10.8. The van der Waals surface area contributed by atoms with Crippen LogP contribution in [0.3, 0.4) is 0 Å². The first kappa shape index (κ1) is 15.4. The van der Waals surface area contributed by atoms with Crippen molar-refractivity contribution in [3.8, 4) is 22.5 Å². The molecule has 0 amide bonds. The summed E-state index contributed by atoms with van der Waals surface area (Å²) in [7, 11) is 0. The van der Waals surface area contributed by atoms with Crippen molar-refractivity contribution in [3.63, 3.8) is 0 Å². The third-order valence-corrected chi connectivity index (χ3v) is 4.32. The van der Waals surface area contributed by atoms with E-state index in [1.807, 2.05) is 18.4 Å². The first-order valence-corrected chi connectivity index (χ1v) is 8.39. The van der Waals surface area contributed by atoms with Crippen molar-refractivity contribution >= 4 is 22.4 Å². The van der Waals surface area contributed by atoms with Crippen molar-refractivity contribution in [2.75, 3.05) is 5.32 Å². The quantitative estimate of drug-likeness (QED) is 0.576. The first-order valence-electron chi connectivity index (χ1n) is 7.51. The zero-order chi connectivity index (χ0) is 17.2. The Morgan fingerprint density at radius 3 is 2.76 bits per heavy atom. The Morgan fingerprint density at radius 2 is 1.96 bits per heavy atom. The maximum atomic E-state index is 13.1. The lowest BCUT2D eigenvalue weighted by Gasteiger charge is -2.02. The SMILES string of the molecule is Cc1ccnc(Nc2nc(-c3cn[nH]c3-c3ccc(F)cc3)cs2)n1. The molecule has 0 aliphatic rings. The number of benzene rings is 1. The maximum absolute atomic E-state index is 13.1. The Kier molecular flexibility index (Phi) is 3.95. The second-order valence-corrected chi connectivity index (χ2v) is 6.21. The van der Waals surface area contributed by atoms with Crippen molar-refractivity contribution in [1.29, 1.82) is 0 Å². The van der Waals surface area contributed by atoms with E-state index < -0.39 is 0 Å². The molecule has 124 valence electrons. The number of hydrogen-bond donors (Lipinski definition) is 2. The summed E-state index contributed by atoms with van der Waals surface area (Å²) in [6.07, 6.45) is 3.41. The van der Waals surface area contributed by atoms with Crippen LogP contribution < -0.4 is 5.32 Å². The van der Waals surface area contributed by atoms with Gasteiger partial charge in [0.1, 0.15) is 5.82 Å². The summed E-state index contributed by atoms with van der Waals surface area (Å²) in [4.78, 5) is 13.0. The van der Waals surface area contributed by atoms with E-state index in [0.717, 1.165) is 28.2 Å². The average molecular weight is 352 g/mol. The summed E-state index contributed by atoms with van der Waals surface area (Å²) in [5.74, 6) is 0.231. The molecule has 3 aromatic heterocycles. The monoisotopic (exact) mass is 352 g/mol. The Hall–Kier alpha value is -3.13. The molecule has 25 heavy (non-hydrogen) atoms. The number of aromatic nitrogens is 5. The third kappa shape index (κ3) is 3.24. The fraction of sp³-hybridized carbons (Fsp3) is 0.0588. The summed E-state index contributed by atoms with van der Waals surface area (Å²) in [6.45, 7) is 1.90. The van der Waals surface area contributed by atoms with Crippen molar-refractivity contribution in [2.45, 2.75) is 6.92 Å². The molecule has 8 heteroatoms. The molecule has 0 saturated heterocycles. The van der Waals surface area contributed by atoms with E-state index in [9.17, 15) is 4.39 Å². The highest BCUT2D eigenvalue weighted by Gasteiger charge is 2.13. The number of nitrogens with zero attached hydrogens (tertiary/aromatic N) is 4. The molecule has 2 N–H and O–H groups in total. The average Bonchev–Trinajstić information content (AvgIpc) is 3.24. The van der Waals surface area contributed by atoms with Crippen LogP contribution in [-0.4, -0.2) is 25.1 Å². The molecule has 0 spiro atoms. The third-order valence-electron chi connectivity index (χ3n) is 3.57. The fourth-order valence-electron chi connectivity index (χ4n) is 2.38. The zero-order valence-corrected chi connectivity index (χ0v) is 14.0. The topological polar surface area (TPSA) is 79.4 Å². The maximum Gasteiger partial charge on any atom is 0.229 e. The first-order chi connectivity index (χ1) is 12.2. The van der Waals surface area contributed by atoms with E-state index in [1.54, 1.807) is 24.5 Å². The van der Waals surface area contributed by atoms with Crippen LogP contribution in [0, 0.1) is 12.7 Å². The second kappa shape index (κ2) is 6.40. The van der Waals surface area contributed by atoms with Gasteiger partial charge in [0, 0.05) is 28.4 Å². The Labute approximate surface area is 146 Å². The molecule has 0 aliphatic heterocycles. The molecule has 4 aromatic rings. The molecule has 4 rings (SSSR count). The van der Waals surface area contributed by atoms with Gasteiger partial charge in [-0.2, -0.15) is 5.10 Å². The molecule has 0 bridgehead atoms. The predicted octanol–water partition coefficient (Wildman–Crippen LogP) is 4.18. The number of hydrogen-bond acceptors (Lipinski definition) is 6. The van der Waals surface area contributed by atoms with Gasteiger partial charge in [0.2, 0.25) is 5.95 Å². The van der Waals surface area contributed by atoms with E-state index in [1.165, 1.54) is 23.5 Å². The summed E-state index contributed by atoms with van der Waals surface area (Å²) in [6, 6.07) is 8.09. The van der Waals surface area contributed by atoms with E-state index in [4.69, 9.17) is 0 Å². The standard InChI is InChI=1S/C17H13FN6S/c1-10-6-7-19-16(21-10)23-17-22-14(9-25-17)13-8-20-24-15(13)11-2-4-12(18)5-3-11/h2-9H,1H3,(H,20,24)(H,19,21,22,23). The van der Waals surface area contributed by atoms with Crippen LogP contribution in [0.25, 0.3) is 22.5 Å². The van der Waals surface area contributed by atoms with Crippen LogP contribution >= 0.6 is 11.3 Å². The highest BCUT2D eigenvalue weighted by Crippen LogP contribution is 2.32. The molecule has 1 aromatic carbocycles. The van der Waals surface area contributed by atoms with Crippen LogP contribution in [0.5, 0.6) is 0 Å². The van der Waals surface area contributed by atoms with Crippen LogP contribution in [0.2, 0.25) is 0 Å². The minimum Gasteiger partial charge on any atom is -0.300 e. The van der Waals surface area contributed by atoms with Crippen molar-refractivity contribution in [3.05, 3.63) is 59.6 Å². The van der Waals surface area contributed by atoms with Crippen LogP contribution in [0.4, 0.5) is 15.5 Å². The number of H-pyrrole nitrogens is 1. The van der Waals surface area contributed by atoms with E-state index in [-0.39, 0.29) is 5.82 Å². The molecule has 0 aliphatic carbocycles. The molecule has 0 radical (unpaired) electrons. The number of thiazole rings is 1. The van der Waals surface area contributed by atoms with Crippen LogP contribution in [0.15, 0.2) is 48.1 Å². The van der Waals surface area contributed by atoms with Crippen molar-refractivity contribution in [2.24, 2.45) is 0 Å². The molecule has 3 heterocycles. The summed E-state index contributed by atoms with van der Waals surface area (Å²) in [5, 5.41) is 12.8. The van der Waals surface area contributed by atoms with Gasteiger partial charge in [-0.1, -0.05) is 0 Å². The van der Waals surface area contributed by atoms with Gasteiger partial charge in [0.25, 0.3) is 0 Å². The lowest BCUT2D eigenvalue weighted by atomic mass is 10.1. The van der Waals surface area contributed by atoms with Gasteiger partial charge in [-0.25, -0.2) is 19.3 Å². The molecule has 0 unspecified atom stereocenters. The number of halogens is 1. The molecule has 6 nitrogen and oxygen atoms in total. The Bertz CT molecular complexity index is 1010. The highest BCUT2D eigenvalue weighted by molar-refractivity contribution is 7.14. The van der Waals surface area contributed by atoms with Gasteiger partial charge in [-0.3, -0.25) is 5.10 Å². The van der Waals surface area contributed by atoms with Crippen LogP contribution in [0.1, 0.15) is 5.69 Å². The summed E-state index contributed by atoms with van der Waals surface area (Å²) in [5.41, 5.74) is 4.14. The molecular weight excluding hydrogens is 339 g/mol. The van der Waals surface area contributed by atoms with E-state index >= 15 is 0 Å². The predicted molar refractivity (Wildman–Crippen MR) is 95.1 cm³/mol. The van der Waals surface area contributed by atoms with E-state index in [0.29, 0.717) is 11.1 Å². The van der Waals surface area contributed by atoms with Gasteiger partial charge >= 0.3 is 0 Å².